The molecule has 0 radical (unpaired) electrons. The maximum atomic E-state index is 15.9. The molecule has 23 heteroatoms. The Morgan fingerprint density at radius 2 is 1.68 bits per heavy atom. The summed E-state index contributed by atoms with van der Waals surface area (Å²) >= 11 is 7.00. The number of benzene rings is 3. The number of anilines is 2. The van der Waals surface area contributed by atoms with E-state index in [4.69, 9.17) is 17.0 Å². The number of hydrogen-bond acceptors (Lipinski definition) is 12. The summed E-state index contributed by atoms with van der Waals surface area (Å²) in [5.41, 5.74) is -1.90. The van der Waals surface area contributed by atoms with E-state index in [0.717, 1.165) is 57.1 Å². The molecule has 0 saturated carbocycles. The van der Waals surface area contributed by atoms with Crippen molar-refractivity contribution in [3.05, 3.63) is 112 Å². The number of nitrogens with one attached hydrogen (secondary N) is 2. The quantitative estimate of drug-likeness (QED) is 0.0714. The fourth-order valence-corrected chi connectivity index (χ4v) is 11.1. The van der Waals surface area contributed by atoms with Crippen molar-refractivity contribution in [1.82, 2.24) is 30.4 Å². The van der Waals surface area contributed by atoms with Crippen LogP contribution >= 0.6 is 23.6 Å². The van der Waals surface area contributed by atoms with E-state index in [9.17, 15) is 42.7 Å². The number of thiazole rings is 1. The summed E-state index contributed by atoms with van der Waals surface area (Å²) in [7, 11) is 0. The van der Waals surface area contributed by atoms with Crippen molar-refractivity contribution >= 4 is 63.7 Å². The number of carbonyl (C=O) groups is 4. The molecule has 5 aromatic rings. The van der Waals surface area contributed by atoms with Gasteiger partial charge in [0.2, 0.25) is 17.7 Å². The summed E-state index contributed by atoms with van der Waals surface area (Å²) in [6.45, 7) is 11.6. The zero-order valence-electron chi connectivity index (χ0n) is 42.8. The number of aromatic nitrogens is 2. The number of aliphatic hydroxyl groups excluding tert-OH is 1. The van der Waals surface area contributed by atoms with Crippen LogP contribution in [-0.4, -0.2) is 110 Å². The molecule has 0 spiro atoms. The first-order valence-electron chi connectivity index (χ1n) is 24.7. The lowest BCUT2D eigenvalue weighted by molar-refractivity contribution is -0.144. The molecule has 15 nitrogen and oxygen atoms in total. The SMILES string of the molecule is Cc1ncsc1-c1ccc(CNC(=O)[C@@H]2C[C@@H](O)CN2C(=O)[C@@H](NC(=O)CCN2CCC(Oc3ccc(-c4ncc(N5C(=S)N(c6ccc(C#N)c(C(F)(F)F)c6F)C(=O)C5(C)C)cc4F)cc3F)CC2)C(C)(C)C)cc1. The number of piperidine rings is 1. The normalized spacial score (nSPS) is 18.6. The van der Waals surface area contributed by atoms with Gasteiger partial charge in [0.05, 0.1) is 51.4 Å². The number of hydrogen-bond donors (Lipinski definition) is 3. The van der Waals surface area contributed by atoms with Gasteiger partial charge in [-0.3, -0.25) is 29.1 Å². The number of amides is 4. The molecule has 3 aromatic carbocycles. The highest BCUT2D eigenvalue weighted by Gasteiger charge is 2.52. The lowest BCUT2D eigenvalue weighted by Crippen LogP contribution is -2.58. The highest BCUT2D eigenvalue weighted by molar-refractivity contribution is 7.81. The number of carbonyl (C=O) groups excluding carboxylic acids is 4. The molecule has 3 N–H and O–H groups in total. The Morgan fingerprint density at radius 1 is 0.987 bits per heavy atom. The summed E-state index contributed by atoms with van der Waals surface area (Å²) in [5.74, 6) is -5.94. The Labute approximate surface area is 449 Å². The highest BCUT2D eigenvalue weighted by atomic mass is 32.1. The minimum Gasteiger partial charge on any atom is -0.487 e. The molecular weight excluding hydrogens is 1050 g/mol. The van der Waals surface area contributed by atoms with Crippen molar-refractivity contribution < 1.29 is 55.4 Å². The third-order valence-electron chi connectivity index (χ3n) is 13.9. The lowest BCUT2D eigenvalue weighted by atomic mass is 9.85. The van der Waals surface area contributed by atoms with E-state index >= 15 is 13.2 Å². The Morgan fingerprint density at radius 3 is 2.29 bits per heavy atom. The monoisotopic (exact) mass is 1100 g/mol. The number of halogens is 6. The smallest absolute Gasteiger partial charge is 0.420 e. The highest BCUT2D eigenvalue weighted by Crippen LogP contribution is 2.43. The fraction of sp³-hybridized carbons (Fsp3) is 0.407. The van der Waals surface area contributed by atoms with Crippen molar-refractivity contribution in [3.63, 3.8) is 0 Å². The third-order valence-corrected chi connectivity index (χ3v) is 15.3. The molecule has 0 bridgehead atoms. The summed E-state index contributed by atoms with van der Waals surface area (Å²) in [4.78, 5) is 69.3. The molecular formula is C54H55F6N9O6S2. The molecule has 3 fully saturated rings. The van der Waals surface area contributed by atoms with Crippen LogP contribution in [0.25, 0.3) is 21.7 Å². The summed E-state index contributed by atoms with van der Waals surface area (Å²) < 4.78 is 94.5. The van der Waals surface area contributed by atoms with Gasteiger partial charge in [-0.2, -0.15) is 18.4 Å². The van der Waals surface area contributed by atoms with Gasteiger partial charge in [0.25, 0.3) is 5.91 Å². The van der Waals surface area contributed by atoms with E-state index < -0.39 is 98.5 Å². The first-order valence-corrected chi connectivity index (χ1v) is 25.9. The third kappa shape index (κ3) is 11.8. The first-order chi connectivity index (χ1) is 36.3. The molecule has 5 heterocycles. The number of nitrogens with zero attached hydrogens (tertiary/aromatic N) is 7. The van der Waals surface area contributed by atoms with Crippen LogP contribution in [0.3, 0.4) is 0 Å². The van der Waals surface area contributed by atoms with Crippen LogP contribution in [0.15, 0.2) is 72.4 Å². The van der Waals surface area contributed by atoms with Gasteiger partial charge in [0, 0.05) is 57.2 Å². The van der Waals surface area contributed by atoms with E-state index in [-0.39, 0.29) is 54.5 Å². The van der Waals surface area contributed by atoms with Crippen molar-refractivity contribution in [3.8, 4) is 33.5 Å². The minimum absolute atomic E-state index is 0.0299. The Kier molecular flexibility index (Phi) is 16.2. The fourth-order valence-electron chi connectivity index (χ4n) is 9.76. The molecule has 4 amide bonds. The summed E-state index contributed by atoms with van der Waals surface area (Å²) in [5, 5.41) is 25.1. The number of β-amino-alcohol motifs (C(OH)–C–C–N with tert-alkyl or cyclic N) is 1. The minimum atomic E-state index is -5.28. The number of likely N-dealkylation sites (tertiary alicyclic amines) is 2. The molecule has 3 aliphatic rings. The van der Waals surface area contributed by atoms with Crippen LogP contribution in [0.4, 0.5) is 37.7 Å². The molecule has 0 aliphatic carbocycles. The number of rotatable bonds is 14. The van der Waals surface area contributed by atoms with Crippen LogP contribution in [0.5, 0.6) is 5.75 Å². The first kappa shape index (κ1) is 56.2. The Hall–Kier alpha value is -7.00. The van der Waals surface area contributed by atoms with Crippen molar-refractivity contribution in [2.75, 3.05) is 36.0 Å². The van der Waals surface area contributed by atoms with Gasteiger partial charge in [0.15, 0.2) is 28.3 Å². The number of aliphatic hydroxyl groups is 1. The van der Waals surface area contributed by atoms with E-state index in [2.05, 4.69) is 25.5 Å². The number of ether oxygens (including phenoxy) is 1. The number of thiocarbonyl (C=S) groups is 1. The largest absolute Gasteiger partial charge is 0.487 e. The predicted octanol–water partition coefficient (Wildman–Crippen LogP) is 8.45. The van der Waals surface area contributed by atoms with E-state index in [1.54, 1.807) is 16.8 Å². The van der Waals surface area contributed by atoms with Gasteiger partial charge < -0.3 is 35.2 Å². The molecule has 3 saturated heterocycles. The van der Waals surface area contributed by atoms with Gasteiger partial charge in [0.1, 0.15) is 35.0 Å². The lowest BCUT2D eigenvalue weighted by Gasteiger charge is -2.36. The summed E-state index contributed by atoms with van der Waals surface area (Å²) in [6.07, 6.45) is -4.38. The zero-order valence-corrected chi connectivity index (χ0v) is 44.4. The second kappa shape index (κ2) is 22.2. The van der Waals surface area contributed by atoms with Crippen LogP contribution in [0.1, 0.15) is 82.7 Å². The van der Waals surface area contributed by atoms with Gasteiger partial charge in [-0.1, -0.05) is 45.0 Å². The predicted molar refractivity (Wildman–Crippen MR) is 279 cm³/mol. The summed E-state index contributed by atoms with van der Waals surface area (Å²) in [6, 6.07) is 13.4. The molecule has 77 heavy (non-hydrogen) atoms. The van der Waals surface area contributed by atoms with Crippen molar-refractivity contribution in [2.45, 2.75) is 110 Å². The van der Waals surface area contributed by atoms with Gasteiger partial charge in [-0.25, -0.2) is 18.2 Å². The van der Waals surface area contributed by atoms with Crippen molar-refractivity contribution in [2.24, 2.45) is 5.41 Å². The molecule has 3 atom stereocenters. The maximum Gasteiger partial charge on any atom is 0.420 e. The second-order valence-electron chi connectivity index (χ2n) is 20.8. The van der Waals surface area contributed by atoms with Gasteiger partial charge >= 0.3 is 6.18 Å². The second-order valence-corrected chi connectivity index (χ2v) is 22.0. The van der Waals surface area contributed by atoms with Crippen LogP contribution in [-0.2, 0) is 31.9 Å². The van der Waals surface area contributed by atoms with E-state index in [1.165, 1.54) is 36.9 Å². The number of aryl methyl sites for hydroxylation is 1. The molecule has 406 valence electrons. The Bertz CT molecular complexity index is 3150. The number of alkyl halides is 3. The average molecular weight is 1100 g/mol. The zero-order chi connectivity index (χ0) is 55.9. The number of pyridine rings is 1. The molecule has 8 rings (SSSR count). The number of nitriles is 1. The molecule has 2 aromatic heterocycles. The topological polar surface area (TPSA) is 184 Å². The van der Waals surface area contributed by atoms with Crippen LogP contribution in [0, 0.1) is 41.1 Å². The van der Waals surface area contributed by atoms with Gasteiger partial charge in [-0.05, 0) is 92.7 Å². The van der Waals surface area contributed by atoms with E-state index in [1.807, 2.05) is 52.0 Å². The van der Waals surface area contributed by atoms with Crippen LogP contribution < -0.4 is 25.2 Å². The van der Waals surface area contributed by atoms with Crippen LogP contribution in [0.2, 0.25) is 0 Å². The Balaban J connectivity index is 0.828. The van der Waals surface area contributed by atoms with Gasteiger partial charge in [-0.15, -0.1) is 11.3 Å². The average Bonchev–Trinajstić information content (AvgIpc) is 4.06. The van der Waals surface area contributed by atoms with E-state index in [0.29, 0.717) is 37.4 Å². The maximum absolute atomic E-state index is 15.9. The standard InChI is InChI=1S/C54H55F6N9O6S2/c1-29-46(77-28-64-29)31-9-7-30(8-10-31)25-63-48(72)40-23-35(70)27-67(40)49(73)47(52(2,3)4)65-42(71)17-20-66-18-15-36(16-19-66)75-41-14-12-32(21-37(41)55)45-38(56)22-34(26-62-45)69-51(76)68(50(74)53(69,5)6)39-13-11-33(24-61)43(44(39)57)54(58,59)60/h7-14,21-22,26,28,35-36,40,47,70H,15-20,23,25,27H2,1-6H3,(H,63,72)(H,65,71)/t35-,40+,47-/m1/s1. The van der Waals surface area contributed by atoms with Crippen molar-refractivity contribution in [1.29, 1.82) is 5.26 Å². The molecule has 3 aliphatic heterocycles. The molecule has 0 unspecified atom stereocenters.